The first-order valence-electron chi connectivity index (χ1n) is 3.84. The zero-order chi connectivity index (χ0) is 9.84. The third-order valence-electron chi connectivity index (χ3n) is 1.77. The Balaban J connectivity index is 2.60. The third kappa shape index (κ3) is 2.68. The van der Waals surface area contributed by atoms with Gasteiger partial charge in [0.25, 0.3) is 0 Å². The van der Waals surface area contributed by atoms with Gasteiger partial charge < -0.3 is 0 Å². The van der Waals surface area contributed by atoms with Crippen LogP contribution in [-0.4, -0.2) is 28.2 Å². The first-order chi connectivity index (χ1) is 6.13. The summed E-state index contributed by atoms with van der Waals surface area (Å²) in [6, 6.07) is 0.0546. The van der Waals surface area contributed by atoms with Crippen molar-refractivity contribution >= 4 is 11.3 Å². The van der Waals surface area contributed by atoms with E-state index in [2.05, 4.69) is 16.1 Å². The normalized spacial score (nSPS) is 12.8. The molecule has 0 bridgehead atoms. The van der Waals surface area contributed by atoms with Gasteiger partial charge in [0.05, 0.1) is 12.6 Å². The summed E-state index contributed by atoms with van der Waals surface area (Å²) in [6.45, 7) is 2.53. The van der Waals surface area contributed by atoms with Crippen molar-refractivity contribution < 1.29 is 0 Å². The molecule has 0 aliphatic heterocycles. The minimum absolute atomic E-state index is 0.0546. The fraction of sp³-hybridized carbons (Fsp3) is 0.500. The quantitative estimate of drug-likeness (QED) is 0.708. The molecule has 1 aromatic heterocycles. The predicted octanol–water partition coefficient (Wildman–Crippen LogP) is 0.285. The molecule has 0 aliphatic carbocycles. The average molecular weight is 197 g/mol. The van der Waals surface area contributed by atoms with Gasteiger partial charge >= 0.3 is 4.87 Å². The SMILES string of the molecule is C#CC(C)N(C)Cc1n[nH]c(=O)s1. The topological polar surface area (TPSA) is 49.0 Å². The minimum atomic E-state index is -0.128. The molecule has 1 aromatic rings. The molecule has 5 heteroatoms. The van der Waals surface area contributed by atoms with Crippen LogP contribution < -0.4 is 4.87 Å². The average Bonchev–Trinajstić information content (AvgIpc) is 2.49. The van der Waals surface area contributed by atoms with Crippen LogP contribution in [0.2, 0.25) is 0 Å². The maximum Gasteiger partial charge on any atom is 0.322 e. The highest BCUT2D eigenvalue weighted by atomic mass is 32.1. The van der Waals surface area contributed by atoms with E-state index in [1.807, 2.05) is 18.9 Å². The first-order valence-corrected chi connectivity index (χ1v) is 4.66. The number of hydrogen-bond acceptors (Lipinski definition) is 4. The summed E-state index contributed by atoms with van der Waals surface area (Å²) in [4.78, 5) is 12.6. The van der Waals surface area contributed by atoms with E-state index >= 15 is 0 Å². The van der Waals surface area contributed by atoms with Crippen molar-refractivity contribution in [2.24, 2.45) is 0 Å². The van der Waals surface area contributed by atoms with E-state index < -0.39 is 0 Å². The lowest BCUT2D eigenvalue weighted by molar-refractivity contribution is 0.295. The van der Waals surface area contributed by atoms with Gasteiger partial charge in [0.1, 0.15) is 5.01 Å². The molecule has 0 aliphatic rings. The highest BCUT2D eigenvalue weighted by Gasteiger charge is 2.08. The number of H-pyrrole nitrogens is 1. The van der Waals surface area contributed by atoms with Crippen LogP contribution in [0.3, 0.4) is 0 Å². The van der Waals surface area contributed by atoms with E-state index in [1.165, 1.54) is 0 Å². The Morgan fingerprint density at radius 3 is 3.00 bits per heavy atom. The van der Waals surface area contributed by atoms with Gasteiger partial charge in [0, 0.05) is 0 Å². The van der Waals surface area contributed by atoms with Crippen LogP contribution in [0.1, 0.15) is 11.9 Å². The van der Waals surface area contributed by atoms with Gasteiger partial charge in [-0.15, -0.1) is 6.42 Å². The summed E-state index contributed by atoms with van der Waals surface area (Å²) < 4.78 is 0. The maximum absolute atomic E-state index is 10.8. The van der Waals surface area contributed by atoms with Gasteiger partial charge in [-0.05, 0) is 14.0 Å². The summed E-state index contributed by atoms with van der Waals surface area (Å²) in [5.41, 5.74) is 0. The summed E-state index contributed by atoms with van der Waals surface area (Å²) in [7, 11) is 1.90. The molecule has 0 fully saturated rings. The second-order valence-electron chi connectivity index (χ2n) is 2.76. The molecule has 13 heavy (non-hydrogen) atoms. The Hall–Kier alpha value is -1.12. The molecule has 0 saturated heterocycles. The summed E-state index contributed by atoms with van der Waals surface area (Å²) >= 11 is 1.11. The van der Waals surface area contributed by atoms with Crippen molar-refractivity contribution in [3.8, 4) is 12.3 Å². The number of nitrogens with one attached hydrogen (secondary N) is 1. The van der Waals surface area contributed by atoms with Crippen LogP contribution in [0.4, 0.5) is 0 Å². The Kier molecular flexibility index (Phi) is 3.23. The summed E-state index contributed by atoms with van der Waals surface area (Å²) in [5, 5.41) is 6.97. The minimum Gasteiger partial charge on any atom is -0.286 e. The van der Waals surface area contributed by atoms with E-state index in [0.29, 0.717) is 6.54 Å². The van der Waals surface area contributed by atoms with Crippen molar-refractivity contribution in [2.75, 3.05) is 7.05 Å². The van der Waals surface area contributed by atoms with Gasteiger partial charge in [-0.1, -0.05) is 17.3 Å². The molecule has 70 valence electrons. The lowest BCUT2D eigenvalue weighted by Gasteiger charge is -2.17. The third-order valence-corrected chi connectivity index (χ3v) is 2.50. The molecule has 0 amide bonds. The van der Waals surface area contributed by atoms with E-state index in [1.54, 1.807) is 0 Å². The first kappa shape index (κ1) is 9.96. The van der Waals surface area contributed by atoms with E-state index in [0.717, 1.165) is 16.3 Å². The fourth-order valence-electron chi connectivity index (χ4n) is 0.806. The number of nitrogens with zero attached hydrogens (tertiary/aromatic N) is 2. The van der Waals surface area contributed by atoms with Crippen molar-refractivity contribution in [1.82, 2.24) is 15.1 Å². The lowest BCUT2D eigenvalue weighted by atomic mass is 10.3. The Labute approximate surface area is 80.6 Å². The van der Waals surface area contributed by atoms with Crippen LogP contribution in [0.15, 0.2) is 4.79 Å². The highest BCUT2D eigenvalue weighted by molar-refractivity contribution is 7.08. The van der Waals surface area contributed by atoms with Gasteiger partial charge in [0.2, 0.25) is 0 Å². The molecule has 1 N–H and O–H groups in total. The second kappa shape index (κ2) is 4.21. The molecule has 1 heterocycles. The van der Waals surface area contributed by atoms with Crippen molar-refractivity contribution in [3.63, 3.8) is 0 Å². The predicted molar refractivity (Wildman–Crippen MR) is 52.5 cm³/mol. The van der Waals surface area contributed by atoms with Gasteiger partial charge in [-0.3, -0.25) is 9.69 Å². The molecule has 1 atom stereocenters. The number of hydrogen-bond donors (Lipinski definition) is 1. The molecular formula is C8H11N3OS. The molecule has 0 radical (unpaired) electrons. The molecule has 1 rings (SSSR count). The van der Waals surface area contributed by atoms with Crippen LogP contribution in [0.25, 0.3) is 0 Å². The Bertz CT molecular complexity index is 362. The second-order valence-corrected chi connectivity index (χ2v) is 3.81. The van der Waals surface area contributed by atoms with Crippen molar-refractivity contribution in [1.29, 1.82) is 0 Å². The highest BCUT2D eigenvalue weighted by Crippen LogP contribution is 2.03. The lowest BCUT2D eigenvalue weighted by Crippen LogP contribution is -2.26. The molecule has 4 nitrogen and oxygen atoms in total. The van der Waals surface area contributed by atoms with Crippen LogP contribution in [0.5, 0.6) is 0 Å². The molecule has 0 aromatic carbocycles. The van der Waals surface area contributed by atoms with E-state index in [-0.39, 0.29) is 10.9 Å². The Morgan fingerprint density at radius 1 is 1.85 bits per heavy atom. The number of rotatable bonds is 3. The molecule has 0 spiro atoms. The zero-order valence-electron chi connectivity index (χ0n) is 7.57. The number of terminal acetylenes is 1. The molecule has 1 unspecified atom stereocenters. The van der Waals surface area contributed by atoms with Crippen molar-refractivity contribution in [2.45, 2.75) is 19.5 Å². The standard InChI is InChI=1S/C8H11N3OS/c1-4-6(2)11(3)5-7-9-10-8(12)13-7/h1,6H,5H2,2-3H3,(H,10,12). The largest absolute Gasteiger partial charge is 0.322 e. The number of aromatic nitrogens is 2. The monoisotopic (exact) mass is 197 g/mol. The molecule has 0 saturated carbocycles. The fourth-order valence-corrected chi connectivity index (χ4v) is 1.47. The van der Waals surface area contributed by atoms with E-state index in [4.69, 9.17) is 6.42 Å². The maximum atomic E-state index is 10.8. The van der Waals surface area contributed by atoms with Gasteiger partial charge in [-0.25, -0.2) is 5.10 Å². The van der Waals surface area contributed by atoms with Crippen molar-refractivity contribution in [3.05, 3.63) is 14.7 Å². The van der Waals surface area contributed by atoms with Gasteiger partial charge in [-0.2, -0.15) is 5.10 Å². The smallest absolute Gasteiger partial charge is 0.286 e. The Morgan fingerprint density at radius 2 is 2.54 bits per heavy atom. The summed E-state index contributed by atoms with van der Waals surface area (Å²) in [6.07, 6.45) is 5.25. The van der Waals surface area contributed by atoms with Crippen LogP contribution in [0, 0.1) is 12.3 Å². The van der Waals surface area contributed by atoms with Gasteiger partial charge in [0.15, 0.2) is 0 Å². The summed E-state index contributed by atoms with van der Waals surface area (Å²) in [5.74, 6) is 2.61. The van der Waals surface area contributed by atoms with Crippen LogP contribution >= 0.6 is 11.3 Å². The molecular weight excluding hydrogens is 186 g/mol. The van der Waals surface area contributed by atoms with E-state index in [9.17, 15) is 4.79 Å². The van der Waals surface area contributed by atoms with Crippen LogP contribution in [-0.2, 0) is 6.54 Å². The number of aromatic amines is 1. The zero-order valence-corrected chi connectivity index (χ0v) is 8.39.